The zero-order valence-corrected chi connectivity index (χ0v) is 10.8. The maximum Gasteiger partial charge on any atom is 0.145 e. The van der Waals surface area contributed by atoms with Gasteiger partial charge in [-0.05, 0) is 37.2 Å². The summed E-state index contributed by atoms with van der Waals surface area (Å²) in [5.74, 6) is 2.16. The predicted molar refractivity (Wildman–Crippen MR) is 68.6 cm³/mol. The van der Waals surface area contributed by atoms with Crippen LogP contribution >= 0.6 is 0 Å². The van der Waals surface area contributed by atoms with Gasteiger partial charge in [0.05, 0.1) is 19.3 Å². The molecule has 0 saturated heterocycles. The van der Waals surface area contributed by atoms with Gasteiger partial charge in [-0.1, -0.05) is 13.8 Å². The molecule has 0 aromatic carbocycles. The Morgan fingerprint density at radius 2 is 2.06 bits per heavy atom. The minimum Gasteiger partial charge on any atom is -0.382 e. The van der Waals surface area contributed by atoms with Gasteiger partial charge in [0.2, 0.25) is 0 Å². The molecule has 1 aromatic rings. The lowest BCUT2D eigenvalue weighted by Crippen LogP contribution is -2.27. The lowest BCUT2D eigenvalue weighted by Gasteiger charge is -2.31. The summed E-state index contributed by atoms with van der Waals surface area (Å²) in [5, 5.41) is 4.14. The van der Waals surface area contributed by atoms with Crippen LogP contribution in [0, 0.1) is 11.8 Å². The van der Waals surface area contributed by atoms with Crippen LogP contribution in [0.25, 0.3) is 0 Å². The molecule has 2 atom stereocenters. The van der Waals surface area contributed by atoms with E-state index in [4.69, 9.17) is 10.5 Å². The smallest absolute Gasteiger partial charge is 0.145 e. The SMILES string of the molecule is CC1CC(C)CC(OCCn2ccc(N)n2)C1. The fraction of sp³-hybridized carbons (Fsp3) is 0.769. The van der Waals surface area contributed by atoms with Gasteiger partial charge in [-0.25, -0.2) is 0 Å². The molecule has 1 heterocycles. The van der Waals surface area contributed by atoms with Crippen molar-refractivity contribution in [1.29, 1.82) is 0 Å². The first-order chi connectivity index (χ1) is 8.13. The highest BCUT2D eigenvalue weighted by atomic mass is 16.5. The van der Waals surface area contributed by atoms with E-state index in [1.807, 2.05) is 16.9 Å². The van der Waals surface area contributed by atoms with Crippen molar-refractivity contribution in [3.63, 3.8) is 0 Å². The summed E-state index contributed by atoms with van der Waals surface area (Å²) >= 11 is 0. The van der Waals surface area contributed by atoms with Crippen molar-refractivity contribution < 1.29 is 4.74 Å². The molecule has 0 amide bonds. The number of hydrogen-bond donors (Lipinski definition) is 1. The first-order valence-electron chi connectivity index (χ1n) is 6.54. The summed E-state index contributed by atoms with van der Waals surface area (Å²) in [4.78, 5) is 0. The number of aromatic nitrogens is 2. The van der Waals surface area contributed by atoms with Crippen molar-refractivity contribution in [3.8, 4) is 0 Å². The van der Waals surface area contributed by atoms with Crippen LogP contribution < -0.4 is 5.73 Å². The minimum absolute atomic E-state index is 0.432. The van der Waals surface area contributed by atoms with Crippen LogP contribution in [0.2, 0.25) is 0 Å². The second-order valence-electron chi connectivity index (χ2n) is 5.41. The molecule has 1 aromatic heterocycles. The van der Waals surface area contributed by atoms with Crippen LogP contribution in [0.15, 0.2) is 12.3 Å². The summed E-state index contributed by atoms with van der Waals surface area (Å²) in [6.07, 6.45) is 6.07. The highest BCUT2D eigenvalue weighted by molar-refractivity contribution is 5.23. The lowest BCUT2D eigenvalue weighted by molar-refractivity contribution is -0.00329. The maximum absolute atomic E-state index is 5.94. The van der Waals surface area contributed by atoms with Gasteiger partial charge >= 0.3 is 0 Å². The number of hydrogen-bond acceptors (Lipinski definition) is 3. The number of nitrogens with two attached hydrogens (primary N) is 1. The summed E-state index contributed by atoms with van der Waals surface area (Å²) < 4.78 is 7.77. The lowest BCUT2D eigenvalue weighted by atomic mass is 9.82. The van der Waals surface area contributed by atoms with Gasteiger partial charge in [-0.3, -0.25) is 4.68 Å². The van der Waals surface area contributed by atoms with Crippen LogP contribution in [-0.2, 0) is 11.3 Å². The molecule has 4 nitrogen and oxygen atoms in total. The molecule has 2 unspecified atom stereocenters. The van der Waals surface area contributed by atoms with Crippen LogP contribution in [0.4, 0.5) is 5.82 Å². The number of ether oxygens (including phenoxy) is 1. The molecule has 0 radical (unpaired) electrons. The van der Waals surface area contributed by atoms with E-state index in [-0.39, 0.29) is 0 Å². The van der Waals surface area contributed by atoms with Crippen molar-refractivity contribution in [1.82, 2.24) is 9.78 Å². The quantitative estimate of drug-likeness (QED) is 0.874. The molecule has 0 bridgehead atoms. The second kappa shape index (κ2) is 5.54. The summed E-state index contributed by atoms with van der Waals surface area (Å²) in [6, 6.07) is 1.81. The average molecular weight is 237 g/mol. The van der Waals surface area contributed by atoms with Crippen molar-refractivity contribution in [2.24, 2.45) is 11.8 Å². The van der Waals surface area contributed by atoms with Gasteiger partial charge in [0.15, 0.2) is 0 Å². The molecule has 0 aliphatic heterocycles. The maximum atomic E-state index is 5.94. The Labute approximate surface area is 103 Å². The largest absolute Gasteiger partial charge is 0.382 e. The standard InChI is InChI=1S/C13H23N3O/c1-10-7-11(2)9-12(8-10)17-6-5-16-4-3-13(14)15-16/h3-4,10-12H,5-9H2,1-2H3,(H2,14,15). The summed E-state index contributed by atoms with van der Waals surface area (Å²) in [6.45, 7) is 6.15. The van der Waals surface area contributed by atoms with E-state index in [0.29, 0.717) is 11.9 Å². The molecule has 1 aliphatic rings. The first kappa shape index (κ1) is 12.4. The number of nitrogens with zero attached hydrogens (tertiary/aromatic N) is 2. The Morgan fingerprint density at radius 1 is 1.35 bits per heavy atom. The molecule has 4 heteroatoms. The van der Waals surface area contributed by atoms with E-state index < -0.39 is 0 Å². The Kier molecular flexibility index (Phi) is 4.05. The molecule has 2 rings (SSSR count). The molecule has 0 spiro atoms. The normalized spacial score (nSPS) is 29.4. The van der Waals surface area contributed by atoms with E-state index in [1.54, 1.807) is 0 Å². The van der Waals surface area contributed by atoms with Gasteiger partial charge < -0.3 is 10.5 Å². The van der Waals surface area contributed by atoms with Crippen LogP contribution in [0.3, 0.4) is 0 Å². The number of anilines is 1. The van der Waals surface area contributed by atoms with Crippen molar-refractivity contribution in [2.45, 2.75) is 45.8 Å². The van der Waals surface area contributed by atoms with Gasteiger partial charge in [0.25, 0.3) is 0 Å². The van der Waals surface area contributed by atoms with Crippen LogP contribution in [0.1, 0.15) is 33.1 Å². The predicted octanol–water partition coefficient (Wildman–Crippen LogP) is 2.31. The van der Waals surface area contributed by atoms with E-state index in [2.05, 4.69) is 18.9 Å². The highest BCUT2D eigenvalue weighted by Gasteiger charge is 2.24. The third kappa shape index (κ3) is 3.73. The van der Waals surface area contributed by atoms with Gasteiger partial charge in [-0.15, -0.1) is 0 Å². The number of nitrogen functional groups attached to an aromatic ring is 1. The number of rotatable bonds is 4. The van der Waals surface area contributed by atoms with E-state index in [9.17, 15) is 0 Å². The minimum atomic E-state index is 0.432. The third-order valence-electron chi connectivity index (χ3n) is 3.47. The van der Waals surface area contributed by atoms with Gasteiger partial charge in [-0.2, -0.15) is 5.10 Å². The molecule has 2 N–H and O–H groups in total. The monoisotopic (exact) mass is 237 g/mol. The van der Waals surface area contributed by atoms with E-state index >= 15 is 0 Å². The third-order valence-corrected chi connectivity index (χ3v) is 3.47. The molecular formula is C13H23N3O. The van der Waals surface area contributed by atoms with E-state index in [1.165, 1.54) is 19.3 Å². The van der Waals surface area contributed by atoms with Gasteiger partial charge in [0, 0.05) is 6.20 Å². The molecule has 1 saturated carbocycles. The van der Waals surface area contributed by atoms with Crippen LogP contribution in [-0.4, -0.2) is 22.5 Å². The van der Waals surface area contributed by atoms with E-state index in [0.717, 1.165) is 25.0 Å². The highest BCUT2D eigenvalue weighted by Crippen LogP contribution is 2.30. The molecule has 17 heavy (non-hydrogen) atoms. The molecule has 96 valence electrons. The Balaban J connectivity index is 1.71. The summed E-state index contributed by atoms with van der Waals surface area (Å²) in [7, 11) is 0. The Hall–Kier alpha value is -1.03. The second-order valence-corrected chi connectivity index (χ2v) is 5.41. The molecule has 1 fully saturated rings. The van der Waals surface area contributed by atoms with Crippen LogP contribution in [0.5, 0.6) is 0 Å². The van der Waals surface area contributed by atoms with Crippen molar-refractivity contribution in [3.05, 3.63) is 12.3 Å². The fourth-order valence-electron chi connectivity index (χ4n) is 2.82. The topological polar surface area (TPSA) is 53.1 Å². The Morgan fingerprint density at radius 3 is 2.65 bits per heavy atom. The van der Waals surface area contributed by atoms with Gasteiger partial charge in [0.1, 0.15) is 5.82 Å². The average Bonchev–Trinajstić information content (AvgIpc) is 2.63. The zero-order chi connectivity index (χ0) is 12.3. The zero-order valence-electron chi connectivity index (χ0n) is 10.8. The molecular weight excluding hydrogens is 214 g/mol. The van der Waals surface area contributed by atoms with Crippen molar-refractivity contribution in [2.75, 3.05) is 12.3 Å². The molecule has 1 aliphatic carbocycles. The summed E-state index contributed by atoms with van der Waals surface area (Å²) in [5.41, 5.74) is 5.56. The van der Waals surface area contributed by atoms with Crippen molar-refractivity contribution >= 4 is 5.82 Å². The Bertz CT molecular complexity index is 340. The first-order valence-corrected chi connectivity index (χ1v) is 6.54. The fourth-order valence-corrected chi connectivity index (χ4v) is 2.82.